The van der Waals surface area contributed by atoms with Gasteiger partial charge in [0.25, 0.3) is 5.91 Å². The fourth-order valence-corrected chi connectivity index (χ4v) is 3.78. The monoisotopic (exact) mass is 478 g/mol. The second-order valence-corrected chi connectivity index (χ2v) is 8.00. The molecule has 0 aliphatic rings. The molecule has 3 aromatic heterocycles. The molecule has 3 aromatic rings. The molecule has 0 bridgehead atoms. The summed E-state index contributed by atoms with van der Waals surface area (Å²) in [6.45, 7) is 4.74. The second-order valence-electron chi connectivity index (χ2n) is 6.23. The summed E-state index contributed by atoms with van der Waals surface area (Å²) in [4.78, 5) is 30.4. The Bertz CT molecular complexity index is 1130. The maximum absolute atomic E-state index is 12.8. The van der Waals surface area contributed by atoms with Gasteiger partial charge in [-0.3, -0.25) is 19.5 Å². The van der Waals surface area contributed by atoms with Crippen LogP contribution >= 0.6 is 11.3 Å². The van der Waals surface area contributed by atoms with Crippen LogP contribution in [0.25, 0.3) is 10.6 Å². The highest BCUT2D eigenvalue weighted by Gasteiger charge is 2.21. The van der Waals surface area contributed by atoms with E-state index in [9.17, 15) is 13.2 Å². The Kier molecular flexibility index (Phi) is 8.41. The molecular formula is C19H22N6O5S2. The zero-order valence-corrected chi connectivity index (χ0v) is 19.1. The van der Waals surface area contributed by atoms with Crippen LogP contribution < -0.4 is 14.8 Å². The van der Waals surface area contributed by atoms with E-state index < -0.39 is 22.8 Å². The Balaban J connectivity index is 1.78. The van der Waals surface area contributed by atoms with Gasteiger partial charge in [0.1, 0.15) is 5.69 Å². The van der Waals surface area contributed by atoms with Crippen LogP contribution in [0, 0.1) is 0 Å². The van der Waals surface area contributed by atoms with Gasteiger partial charge in [0.05, 0.1) is 47.9 Å². The highest BCUT2D eigenvalue weighted by Crippen LogP contribution is 2.26. The standard InChI is InChI=1S/C19H22N6O5S2/c1-3-29-11-15(13-7-12(5-6-21-13)25-32(27)28)24-18(26)19-22-9-16(31-19)14-8-20-10-17(23-14)30-4-2/h5-10,15,32H,3-4,11H2,1-2H3,(H,24,26)(H,21,25,27,28)/t15-/m1/s1. The zero-order valence-electron chi connectivity index (χ0n) is 17.3. The molecule has 0 aliphatic heterocycles. The van der Waals surface area contributed by atoms with Crippen LogP contribution in [0.2, 0.25) is 0 Å². The number of carbonyl (C=O) groups excluding carboxylic acids is 1. The molecule has 0 saturated heterocycles. The fraction of sp³-hybridized carbons (Fsp3) is 0.316. The van der Waals surface area contributed by atoms with E-state index in [1.807, 2.05) is 13.8 Å². The Morgan fingerprint density at radius 3 is 2.78 bits per heavy atom. The van der Waals surface area contributed by atoms with Gasteiger partial charge in [-0.2, -0.15) is 0 Å². The minimum absolute atomic E-state index is 0.155. The third-order valence-corrected chi connectivity index (χ3v) is 5.47. The van der Waals surface area contributed by atoms with Gasteiger partial charge < -0.3 is 14.8 Å². The third kappa shape index (κ3) is 6.42. The molecule has 3 rings (SSSR count). The van der Waals surface area contributed by atoms with Crippen molar-refractivity contribution in [3.63, 3.8) is 0 Å². The number of thiol groups is 1. The van der Waals surface area contributed by atoms with Crippen molar-refractivity contribution in [2.45, 2.75) is 19.9 Å². The van der Waals surface area contributed by atoms with Gasteiger partial charge in [0.15, 0.2) is 5.01 Å². The normalized spacial score (nSPS) is 11.8. The van der Waals surface area contributed by atoms with Gasteiger partial charge in [0, 0.05) is 19.0 Å². The number of amides is 1. The first-order chi connectivity index (χ1) is 15.5. The topological polar surface area (TPSA) is 145 Å². The molecule has 11 nitrogen and oxygen atoms in total. The van der Waals surface area contributed by atoms with E-state index in [0.29, 0.717) is 41.0 Å². The number of ether oxygens (including phenoxy) is 2. The predicted molar refractivity (Wildman–Crippen MR) is 119 cm³/mol. The molecule has 0 unspecified atom stereocenters. The van der Waals surface area contributed by atoms with E-state index in [1.54, 1.807) is 12.4 Å². The van der Waals surface area contributed by atoms with Crippen molar-refractivity contribution in [3.05, 3.63) is 47.6 Å². The van der Waals surface area contributed by atoms with Crippen LogP contribution in [0.15, 0.2) is 36.9 Å². The van der Waals surface area contributed by atoms with Crippen LogP contribution in [0.3, 0.4) is 0 Å². The van der Waals surface area contributed by atoms with Crippen molar-refractivity contribution < 1.29 is 22.7 Å². The lowest BCUT2D eigenvalue weighted by atomic mass is 10.2. The van der Waals surface area contributed by atoms with E-state index in [2.05, 4.69) is 30.0 Å². The van der Waals surface area contributed by atoms with Crippen molar-refractivity contribution in [2.75, 3.05) is 24.5 Å². The Labute approximate surface area is 190 Å². The first kappa shape index (κ1) is 23.5. The highest BCUT2D eigenvalue weighted by molar-refractivity contribution is 7.73. The van der Waals surface area contributed by atoms with E-state index in [1.165, 1.54) is 24.5 Å². The smallest absolute Gasteiger partial charge is 0.280 e. The molecule has 32 heavy (non-hydrogen) atoms. The Morgan fingerprint density at radius 2 is 2.03 bits per heavy atom. The van der Waals surface area contributed by atoms with E-state index in [-0.39, 0.29) is 11.6 Å². The Hall–Kier alpha value is -3.16. The molecule has 1 atom stereocenters. The molecule has 170 valence electrons. The minimum atomic E-state index is -2.82. The summed E-state index contributed by atoms with van der Waals surface area (Å²) in [6, 6.07) is 2.44. The maximum atomic E-state index is 12.8. The number of hydrogen-bond donors (Lipinski definition) is 3. The average molecular weight is 479 g/mol. The molecule has 1 amide bonds. The van der Waals surface area contributed by atoms with Crippen molar-refractivity contribution >= 4 is 33.8 Å². The summed E-state index contributed by atoms with van der Waals surface area (Å²) in [7, 11) is -2.82. The molecule has 0 fully saturated rings. The number of aromatic nitrogens is 4. The van der Waals surface area contributed by atoms with Gasteiger partial charge in [-0.25, -0.2) is 18.4 Å². The van der Waals surface area contributed by atoms with Gasteiger partial charge in [-0.1, -0.05) is 0 Å². The van der Waals surface area contributed by atoms with Gasteiger partial charge in [-0.15, -0.1) is 11.3 Å². The number of nitrogens with one attached hydrogen (secondary N) is 2. The average Bonchev–Trinajstić information content (AvgIpc) is 3.27. The lowest BCUT2D eigenvalue weighted by molar-refractivity contribution is 0.0853. The summed E-state index contributed by atoms with van der Waals surface area (Å²) in [5.41, 5.74) is 1.33. The number of carbonyl (C=O) groups is 1. The zero-order chi connectivity index (χ0) is 22.9. The molecule has 0 radical (unpaired) electrons. The lowest BCUT2D eigenvalue weighted by Crippen LogP contribution is -2.32. The molecule has 2 N–H and O–H groups in total. The van der Waals surface area contributed by atoms with E-state index in [4.69, 9.17) is 9.47 Å². The number of hydrogen-bond acceptors (Lipinski definition) is 10. The van der Waals surface area contributed by atoms with Gasteiger partial charge in [0.2, 0.25) is 16.8 Å². The molecule has 3 heterocycles. The summed E-state index contributed by atoms with van der Waals surface area (Å²) < 4.78 is 35.0. The van der Waals surface area contributed by atoms with Crippen molar-refractivity contribution in [3.8, 4) is 16.5 Å². The molecular weight excluding hydrogens is 456 g/mol. The lowest BCUT2D eigenvalue weighted by Gasteiger charge is -2.18. The fourth-order valence-electron chi connectivity index (χ4n) is 2.65. The number of nitrogens with zero attached hydrogens (tertiary/aromatic N) is 4. The summed E-state index contributed by atoms with van der Waals surface area (Å²) in [6.07, 6.45) is 6.08. The number of pyridine rings is 1. The van der Waals surface area contributed by atoms with Gasteiger partial charge in [-0.05, 0) is 26.0 Å². The van der Waals surface area contributed by atoms with Crippen LogP contribution in [-0.4, -0.2) is 54.1 Å². The largest absolute Gasteiger partial charge is 0.477 e. The van der Waals surface area contributed by atoms with Crippen LogP contribution in [0.4, 0.5) is 5.69 Å². The van der Waals surface area contributed by atoms with Crippen LogP contribution in [0.1, 0.15) is 35.4 Å². The van der Waals surface area contributed by atoms with Crippen LogP contribution in [0.5, 0.6) is 5.88 Å². The molecule has 0 spiro atoms. The van der Waals surface area contributed by atoms with Crippen molar-refractivity contribution in [2.24, 2.45) is 0 Å². The van der Waals surface area contributed by atoms with Crippen LogP contribution in [-0.2, 0) is 15.6 Å². The van der Waals surface area contributed by atoms with Crippen molar-refractivity contribution in [1.82, 2.24) is 25.3 Å². The van der Waals surface area contributed by atoms with E-state index in [0.717, 1.165) is 11.3 Å². The molecule has 0 aliphatic carbocycles. The quantitative estimate of drug-likeness (QED) is 0.351. The Morgan fingerprint density at radius 1 is 1.19 bits per heavy atom. The summed E-state index contributed by atoms with van der Waals surface area (Å²) in [5, 5.41) is 3.07. The number of anilines is 1. The summed E-state index contributed by atoms with van der Waals surface area (Å²) >= 11 is 1.16. The second kappa shape index (κ2) is 11.5. The van der Waals surface area contributed by atoms with Crippen molar-refractivity contribution in [1.29, 1.82) is 0 Å². The number of thiazole rings is 1. The predicted octanol–water partition coefficient (Wildman–Crippen LogP) is 1.84. The molecule has 0 saturated carbocycles. The highest BCUT2D eigenvalue weighted by atomic mass is 32.2. The molecule has 13 heteroatoms. The maximum Gasteiger partial charge on any atom is 0.280 e. The first-order valence-corrected chi connectivity index (χ1v) is 11.7. The first-order valence-electron chi connectivity index (χ1n) is 9.66. The third-order valence-electron chi connectivity index (χ3n) is 4.01. The number of rotatable bonds is 11. The van der Waals surface area contributed by atoms with E-state index >= 15 is 0 Å². The van der Waals surface area contributed by atoms with Gasteiger partial charge >= 0.3 is 0 Å². The molecule has 0 aromatic carbocycles. The summed E-state index contributed by atoms with van der Waals surface area (Å²) in [5.74, 6) is -0.0319. The SMILES string of the molecule is CCOC[C@@H](NC(=O)c1ncc(-c2cncc(OCC)n2)s1)c1cc(N[SH](=O)=O)ccn1. The minimum Gasteiger partial charge on any atom is -0.477 e.